The number of alkyl halides is 3. The van der Waals surface area contributed by atoms with Gasteiger partial charge < -0.3 is 15.2 Å². The number of carboxylic acid groups (broad SMARTS) is 1. The minimum Gasteiger partial charge on any atom is -0.481 e. The van der Waals surface area contributed by atoms with Crippen molar-refractivity contribution in [3.63, 3.8) is 0 Å². The van der Waals surface area contributed by atoms with Crippen LogP contribution >= 0.6 is 0 Å². The second-order valence-electron chi connectivity index (χ2n) is 7.62. The van der Waals surface area contributed by atoms with Crippen molar-refractivity contribution in [2.24, 2.45) is 0 Å². The lowest BCUT2D eigenvalue weighted by Crippen LogP contribution is -2.25. The van der Waals surface area contributed by atoms with Gasteiger partial charge in [-0.15, -0.1) is 13.2 Å². The van der Waals surface area contributed by atoms with Crippen LogP contribution in [0.4, 0.5) is 18.9 Å². The highest BCUT2D eigenvalue weighted by Gasteiger charge is 2.30. The molecule has 9 heteroatoms. The molecule has 0 heterocycles. The third-order valence-electron chi connectivity index (χ3n) is 5.14. The van der Waals surface area contributed by atoms with Crippen molar-refractivity contribution in [3.8, 4) is 16.9 Å². The highest BCUT2D eigenvalue weighted by Crippen LogP contribution is 2.30. The molecule has 3 rings (SSSR count). The summed E-state index contributed by atoms with van der Waals surface area (Å²) in [6, 6.07) is 17.7. The van der Waals surface area contributed by atoms with Crippen LogP contribution in [0.3, 0.4) is 0 Å². The first-order valence-corrected chi connectivity index (χ1v) is 10.6. The fraction of sp³-hybridized carbons (Fsp3) is 0.192. The number of aliphatic carboxylic acids is 1. The maximum atomic E-state index is 12.4. The molecule has 180 valence electrons. The Balaban J connectivity index is 1.67. The van der Waals surface area contributed by atoms with E-state index in [-0.39, 0.29) is 24.6 Å². The summed E-state index contributed by atoms with van der Waals surface area (Å²) in [5.74, 6) is -1.65. The molecule has 2 N–H and O–H groups in total. The average molecular weight is 482 g/mol. The van der Waals surface area contributed by atoms with Crippen molar-refractivity contribution in [3.05, 3.63) is 94.8 Å². The van der Waals surface area contributed by atoms with Crippen LogP contribution in [0.25, 0.3) is 16.0 Å². The number of amides is 1. The van der Waals surface area contributed by atoms with Crippen molar-refractivity contribution in [1.82, 2.24) is 5.32 Å². The lowest BCUT2D eigenvalue weighted by atomic mass is 9.97. The summed E-state index contributed by atoms with van der Waals surface area (Å²) in [6.45, 7) is 7.48. The Morgan fingerprint density at radius 2 is 1.60 bits per heavy atom. The number of halogens is 3. The highest BCUT2D eigenvalue weighted by molar-refractivity contribution is 5.94. The molecule has 0 aromatic heterocycles. The van der Waals surface area contributed by atoms with Gasteiger partial charge >= 0.3 is 12.3 Å². The molecule has 3 aromatic rings. The van der Waals surface area contributed by atoms with Gasteiger partial charge in [0.1, 0.15) is 5.75 Å². The van der Waals surface area contributed by atoms with E-state index in [4.69, 9.17) is 11.7 Å². The van der Waals surface area contributed by atoms with Crippen molar-refractivity contribution in [2.45, 2.75) is 25.6 Å². The zero-order valence-corrected chi connectivity index (χ0v) is 18.4. The molecule has 1 amide bonds. The molecule has 0 saturated carbocycles. The molecule has 0 fully saturated rings. The smallest absolute Gasteiger partial charge is 0.481 e. The van der Waals surface area contributed by atoms with Gasteiger partial charge in [-0.05, 0) is 59.4 Å². The molecule has 0 radical (unpaired) electrons. The number of carboxylic acids is 1. The number of aryl methyl sites for hydroxylation is 2. The summed E-state index contributed by atoms with van der Waals surface area (Å²) in [6.07, 6.45) is -3.76. The number of benzene rings is 3. The molecule has 0 aliphatic heterocycles. The van der Waals surface area contributed by atoms with Crippen molar-refractivity contribution >= 4 is 17.6 Å². The van der Waals surface area contributed by atoms with Crippen LogP contribution in [-0.4, -0.2) is 29.9 Å². The van der Waals surface area contributed by atoms with E-state index in [0.29, 0.717) is 29.7 Å². The largest absolute Gasteiger partial charge is 0.573 e. The summed E-state index contributed by atoms with van der Waals surface area (Å²) in [5.41, 5.74) is 4.10. The van der Waals surface area contributed by atoms with E-state index in [1.165, 1.54) is 24.3 Å². The van der Waals surface area contributed by atoms with E-state index < -0.39 is 12.3 Å². The Bertz CT molecular complexity index is 1230. The van der Waals surface area contributed by atoms with Gasteiger partial charge in [-0.25, -0.2) is 4.85 Å². The minimum atomic E-state index is -4.76. The van der Waals surface area contributed by atoms with Crippen molar-refractivity contribution < 1.29 is 32.6 Å². The van der Waals surface area contributed by atoms with Gasteiger partial charge in [0.2, 0.25) is 0 Å². The monoisotopic (exact) mass is 482 g/mol. The van der Waals surface area contributed by atoms with E-state index in [1.54, 1.807) is 36.4 Å². The molecule has 0 aliphatic rings. The molecular weight excluding hydrogens is 461 g/mol. The quantitative estimate of drug-likeness (QED) is 0.378. The van der Waals surface area contributed by atoms with Crippen LogP contribution in [0.2, 0.25) is 0 Å². The number of nitrogens with zero attached hydrogens (tertiary/aromatic N) is 1. The third kappa shape index (κ3) is 7.61. The lowest BCUT2D eigenvalue weighted by Gasteiger charge is -2.11. The van der Waals surface area contributed by atoms with Gasteiger partial charge in [0.15, 0.2) is 5.69 Å². The van der Waals surface area contributed by atoms with Gasteiger partial charge in [0, 0.05) is 12.1 Å². The molecule has 35 heavy (non-hydrogen) atoms. The fourth-order valence-corrected chi connectivity index (χ4v) is 3.41. The van der Waals surface area contributed by atoms with Crippen molar-refractivity contribution in [2.75, 3.05) is 6.54 Å². The van der Waals surface area contributed by atoms with Gasteiger partial charge in [-0.3, -0.25) is 9.59 Å². The Morgan fingerprint density at radius 1 is 0.943 bits per heavy atom. The molecule has 0 unspecified atom stereocenters. The molecule has 0 aliphatic carbocycles. The minimum absolute atomic E-state index is 0.0454. The first kappa shape index (κ1) is 25.3. The summed E-state index contributed by atoms with van der Waals surface area (Å²) in [4.78, 5) is 26.2. The van der Waals surface area contributed by atoms with E-state index in [1.807, 2.05) is 6.07 Å². The number of carbonyl (C=O) groups excluding carboxylic acids is 1. The van der Waals surface area contributed by atoms with E-state index >= 15 is 0 Å². The number of ether oxygens (including phenoxy) is 1. The fourth-order valence-electron chi connectivity index (χ4n) is 3.41. The highest BCUT2D eigenvalue weighted by atomic mass is 19.4. The zero-order valence-electron chi connectivity index (χ0n) is 18.4. The maximum absolute atomic E-state index is 12.4. The predicted octanol–water partition coefficient (Wildman–Crippen LogP) is 5.79. The Kier molecular flexibility index (Phi) is 8.10. The van der Waals surface area contributed by atoms with Crippen LogP contribution in [0.1, 0.15) is 27.9 Å². The number of nitrogens with one attached hydrogen (secondary N) is 1. The maximum Gasteiger partial charge on any atom is 0.573 e. The molecule has 0 atom stereocenters. The van der Waals surface area contributed by atoms with E-state index in [9.17, 15) is 22.8 Å². The topological polar surface area (TPSA) is 80.0 Å². The average Bonchev–Trinajstić information content (AvgIpc) is 2.82. The standard InChI is InChI=1S/C26H21F3N2O4/c1-30-23-13-10-20(18-8-11-22(12-9-18)35-26(27,28)29)16-21(23)7-4-17-2-5-19(6-3-17)25(34)31-15-14-24(32)33/h2-3,5-6,8-13,16H,4,7,14-15H2,(H,31,34)(H,32,33). The molecule has 0 spiro atoms. The van der Waals surface area contributed by atoms with Crippen LogP contribution in [0.15, 0.2) is 66.7 Å². The molecule has 3 aromatic carbocycles. The first-order chi connectivity index (χ1) is 16.6. The third-order valence-corrected chi connectivity index (χ3v) is 5.14. The molecule has 6 nitrogen and oxygen atoms in total. The second kappa shape index (κ2) is 11.2. The molecule has 0 saturated heterocycles. The normalized spacial score (nSPS) is 10.9. The van der Waals surface area contributed by atoms with Gasteiger partial charge in [-0.1, -0.05) is 42.5 Å². The number of hydrogen-bond donors (Lipinski definition) is 2. The van der Waals surface area contributed by atoms with Gasteiger partial charge in [-0.2, -0.15) is 0 Å². The first-order valence-electron chi connectivity index (χ1n) is 10.6. The van der Waals surface area contributed by atoms with Crippen LogP contribution in [0, 0.1) is 6.57 Å². The summed E-state index contributed by atoms with van der Waals surface area (Å²) in [5, 5.41) is 11.2. The summed E-state index contributed by atoms with van der Waals surface area (Å²) in [7, 11) is 0. The zero-order chi connectivity index (χ0) is 25.4. The van der Waals surface area contributed by atoms with Crippen LogP contribution in [-0.2, 0) is 17.6 Å². The summed E-state index contributed by atoms with van der Waals surface area (Å²) >= 11 is 0. The Labute approximate surface area is 199 Å². The Morgan fingerprint density at radius 3 is 2.20 bits per heavy atom. The van der Waals surface area contributed by atoms with E-state index in [2.05, 4.69) is 14.9 Å². The second-order valence-corrected chi connectivity index (χ2v) is 7.62. The van der Waals surface area contributed by atoms with Crippen LogP contribution < -0.4 is 10.1 Å². The van der Waals surface area contributed by atoms with Crippen LogP contribution in [0.5, 0.6) is 5.75 Å². The van der Waals surface area contributed by atoms with E-state index in [0.717, 1.165) is 16.7 Å². The number of carbonyl (C=O) groups is 2. The molecular formula is C26H21F3N2O4. The lowest BCUT2D eigenvalue weighted by molar-refractivity contribution is -0.274. The predicted molar refractivity (Wildman–Crippen MR) is 123 cm³/mol. The number of rotatable bonds is 9. The SMILES string of the molecule is [C-]#[N+]c1ccc(-c2ccc(OC(F)(F)F)cc2)cc1CCc1ccc(C(=O)NCCC(=O)O)cc1. The van der Waals surface area contributed by atoms with Gasteiger partial charge in [0.25, 0.3) is 5.91 Å². The number of hydrogen-bond acceptors (Lipinski definition) is 3. The molecule has 0 bridgehead atoms. The summed E-state index contributed by atoms with van der Waals surface area (Å²) < 4.78 is 41.0. The van der Waals surface area contributed by atoms with Gasteiger partial charge in [0.05, 0.1) is 13.0 Å². The van der Waals surface area contributed by atoms with Crippen molar-refractivity contribution in [1.29, 1.82) is 0 Å². The Hall–Kier alpha value is -4.32.